The summed E-state index contributed by atoms with van der Waals surface area (Å²) in [6.45, 7) is 6.32. The summed E-state index contributed by atoms with van der Waals surface area (Å²) in [5, 5.41) is 7.81. The molecule has 1 aromatic carbocycles. The molecule has 0 aliphatic carbocycles. The van der Waals surface area contributed by atoms with Crippen molar-refractivity contribution in [2.45, 2.75) is 26.8 Å². The average Bonchev–Trinajstić information content (AvgIpc) is 2.61. The Balaban J connectivity index is 2.42. The maximum atomic E-state index is 4.39. The van der Waals surface area contributed by atoms with Gasteiger partial charge in [0.15, 0.2) is 0 Å². The minimum absolute atomic E-state index is 0.401. The minimum atomic E-state index is 0.401. The van der Waals surface area contributed by atoms with Crippen molar-refractivity contribution in [3.63, 3.8) is 0 Å². The molecule has 0 fully saturated rings. The van der Waals surface area contributed by atoms with Crippen LogP contribution in [0.2, 0.25) is 0 Å². The second kappa shape index (κ2) is 4.39. The third-order valence-corrected chi connectivity index (χ3v) is 2.38. The van der Waals surface area contributed by atoms with E-state index in [-0.39, 0.29) is 0 Å². The fourth-order valence-corrected chi connectivity index (χ4v) is 1.64. The number of aromatic nitrogens is 2. The third-order valence-electron chi connectivity index (χ3n) is 2.38. The molecular formula is C13H17N3. The largest absolute Gasteiger partial charge is 0.368 e. The molecule has 0 aliphatic rings. The summed E-state index contributed by atoms with van der Waals surface area (Å²) in [7, 11) is 0. The molecule has 1 heterocycles. The lowest BCUT2D eigenvalue weighted by Crippen LogP contribution is -2.14. The Morgan fingerprint density at radius 2 is 1.88 bits per heavy atom. The van der Waals surface area contributed by atoms with Gasteiger partial charge in [-0.1, -0.05) is 18.2 Å². The summed E-state index contributed by atoms with van der Waals surface area (Å²) < 4.78 is 1.94. The van der Waals surface area contributed by atoms with E-state index in [1.807, 2.05) is 29.1 Å². The van der Waals surface area contributed by atoms with E-state index in [2.05, 4.69) is 43.3 Å². The van der Waals surface area contributed by atoms with Crippen LogP contribution in [0.15, 0.2) is 36.5 Å². The molecule has 0 spiro atoms. The predicted molar refractivity (Wildman–Crippen MR) is 67.1 cm³/mol. The van der Waals surface area contributed by atoms with Gasteiger partial charge in [0.25, 0.3) is 0 Å². The average molecular weight is 215 g/mol. The molecule has 0 saturated carbocycles. The molecule has 84 valence electrons. The van der Waals surface area contributed by atoms with Crippen molar-refractivity contribution in [2.24, 2.45) is 0 Å². The van der Waals surface area contributed by atoms with Crippen molar-refractivity contribution in [2.75, 3.05) is 5.32 Å². The van der Waals surface area contributed by atoms with Crippen LogP contribution in [0.1, 0.15) is 19.4 Å². The van der Waals surface area contributed by atoms with Crippen LogP contribution in [0.25, 0.3) is 5.69 Å². The molecular weight excluding hydrogens is 198 g/mol. The third kappa shape index (κ3) is 2.08. The van der Waals surface area contributed by atoms with E-state index in [4.69, 9.17) is 0 Å². The number of aryl methyl sites for hydroxylation is 1. The first-order chi connectivity index (χ1) is 7.68. The van der Waals surface area contributed by atoms with E-state index in [9.17, 15) is 0 Å². The van der Waals surface area contributed by atoms with Gasteiger partial charge in [-0.05, 0) is 32.9 Å². The first kappa shape index (κ1) is 10.7. The fraction of sp³-hybridized carbons (Fsp3) is 0.308. The van der Waals surface area contributed by atoms with Crippen LogP contribution in [0.3, 0.4) is 0 Å². The molecule has 16 heavy (non-hydrogen) atoms. The second-order valence-electron chi connectivity index (χ2n) is 4.22. The minimum Gasteiger partial charge on any atom is -0.368 e. The lowest BCUT2D eigenvalue weighted by atomic mass is 10.3. The van der Waals surface area contributed by atoms with Crippen molar-refractivity contribution in [3.8, 4) is 5.69 Å². The van der Waals surface area contributed by atoms with Crippen LogP contribution in [0.5, 0.6) is 0 Å². The molecule has 1 N–H and O–H groups in total. The first-order valence-electron chi connectivity index (χ1n) is 5.55. The van der Waals surface area contributed by atoms with E-state index >= 15 is 0 Å². The quantitative estimate of drug-likeness (QED) is 0.853. The van der Waals surface area contributed by atoms with Crippen LogP contribution >= 0.6 is 0 Å². The number of para-hydroxylation sites is 1. The van der Waals surface area contributed by atoms with Gasteiger partial charge in [0.2, 0.25) is 0 Å². The highest BCUT2D eigenvalue weighted by molar-refractivity contribution is 5.50. The van der Waals surface area contributed by atoms with Crippen molar-refractivity contribution in [1.29, 1.82) is 0 Å². The highest BCUT2D eigenvalue weighted by Gasteiger charge is 2.09. The number of hydrogen-bond donors (Lipinski definition) is 1. The van der Waals surface area contributed by atoms with E-state index in [1.165, 1.54) is 0 Å². The van der Waals surface area contributed by atoms with Crippen LogP contribution in [0.4, 0.5) is 5.82 Å². The fourth-order valence-electron chi connectivity index (χ4n) is 1.64. The van der Waals surface area contributed by atoms with Crippen molar-refractivity contribution in [1.82, 2.24) is 9.78 Å². The Morgan fingerprint density at radius 1 is 1.19 bits per heavy atom. The van der Waals surface area contributed by atoms with Crippen molar-refractivity contribution >= 4 is 5.82 Å². The summed E-state index contributed by atoms with van der Waals surface area (Å²) in [4.78, 5) is 0. The maximum absolute atomic E-state index is 4.39. The van der Waals surface area contributed by atoms with E-state index in [0.717, 1.165) is 17.1 Å². The maximum Gasteiger partial charge on any atom is 0.132 e. The predicted octanol–water partition coefficient (Wildman–Crippen LogP) is 3.00. The van der Waals surface area contributed by atoms with Gasteiger partial charge in [0.05, 0.1) is 11.9 Å². The summed E-state index contributed by atoms with van der Waals surface area (Å²) in [5.41, 5.74) is 2.25. The van der Waals surface area contributed by atoms with E-state index < -0.39 is 0 Å². The molecule has 0 bridgehead atoms. The molecule has 2 aromatic rings. The van der Waals surface area contributed by atoms with Gasteiger partial charge in [-0.25, -0.2) is 4.68 Å². The lowest BCUT2D eigenvalue weighted by molar-refractivity contribution is 0.830. The Hall–Kier alpha value is -1.77. The Labute approximate surface area is 96.1 Å². The second-order valence-corrected chi connectivity index (χ2v) is 4.22. The van der Waals surface area contributed by atoms with Crippen LogP contribution in [-0.2, 0) is 0 Å². The van der Waals surface area contributed by atoms with Gasteiger partial charge in [-0.3, -0.25) is 0 Å². The van der Waals surface area contributed by atoms with Crippen LogP contribution < -0.4 is 5.32 Å². The van der Waals surface area contributed by atoms with Gasteiger partial charge in [0.1, 0.15) is 5.82 Å². The molecule has 3 nitrogen and oxygen atoms in total. The summed E-state index contributed by atoms with van der Waals surface area (Å²) in [6.07, 6.45) is 1.89. The highest BCUT2D eigenvalue weighted by atomic mass is 15.3. The van der Waals surface area contributed by atoms with E-state index in [1.54, 1.807) is 0 Å². The van der Waals surface area contributed by atoms with Gasteiger partial charge in [-0.15, -0.1) is 0 Å². The first-order valence-corrected chi connectivity index (χ1v) is 5.55. The van der Waals surface area contributed by atoms with Gasteiger partial charge >= 0.3 is 0 Å². The summed E-state index contributed by atoms with van der Waals surface area (Å²) >= 11 is 0. The molecule has 0 atom stereocenters. The number of rotatable bonds is 3. The molecule has 0 saturated heterocycles. The number of anilines is 1. The van der Waals surface area contributed by atoms with Crippen LogP contribution in [-0.4, -0.2) is 15.8 Å². The summed E-state index contributed by atoms with van der Waals surface area (Å²) in [6, 6.07) is 10.6. The van der Waals surface area contributed by atoms with Gasteiger partial charge in [-0.2, -0.15) is 5.10 Å². The zero-order valence-electron chi connectivity index (χ0n) is 9.94. The number of nitrogens with zero attached hydrogens (tertiary/aromatic N) is 2. The Morgan fingerprint density at radius 3 is 2.50 bits per heavy atom. The molecule has 2 rings (SSSR count). The molecule has 1 aromatic heterocycles. The zero-order valence-corrected chi connectivity index (χ0v) is 9.94. The Bertz CT molecular complexity index is 457. The number of benzene rings is 1. The van der Waals surface area contributed by atoms with Gasteiger partial charge < -0.3 is 5.32 Å². The number of hydrogen-bond acceptors (Lipinski definition) is 2. The Kier molecular flexibility index (Phi) is 2.95. The standard InChI is InChI=1S/C13H17N3/c1-10(2)15-13-11(3)9-14-16(13)12-7-5-4-6-8-12/h4-10,15H,1-3H3. The smallest absolute Gasteiger partial charge is 0.132 e. The molecule has 0 radical (unpaired) electrons. The molecule has 0 unspecified atom stereocenters. The van der Waals surface area contributed by atoms with Crippen molar-refractivity contribution in [3.05, 3.63) is 42.1 Å². The van der Waals surface area contributed by atoms with Crippen molar-refractivity contribution < 1.29 is 0 Å². The summed E-state index contributed by atoms with van der Waals surface area (Å²) in [5.74, 6) is 1.07. The monoisotopic (exact) mass is 215 g/mol. The number of nitrogens with one attached hydrogen (secondary N) is 1. The molecule has 0 amide bonds. The molecule has 0 aliphatic heterocycles. The SMILES string of the molecule is Cc1cnn(-c2ccccc2)c1NC(C)C. The molecule has 3 heteroatoms. The topological polar surface area (TPSA) is 29.9 Å². The zero-order chi connectivity index (χ0) is 11.5. The van der Waals surface area contributed by atoms with Gasteiger partial charge in [0, 0.05) is 11.6 Å². The highest BCUT2D eigenvalue weighted by Crippen LogP contribution is 2.19. The van der Waals surface area contributed by atoms with Crippen LogP contribution in [0, 0.1) is 6.92 Å². The van der Waals surface area contributed by atoms with E-state index in [0.29, 0.717) is 6.04 Å². The normalized spacial score (nSPS) is 10.8. The lowest BCUT2D eigenvalue weighted by Gasteiger charge is -2.13.